The molecule has 2 heterocycles. The van der Waals surface area contributed by atoms with Crippen molar-refractivity contribution in [3.05, 3.63) is 71.3 Å². The van der Waals surface area contributed by atoms with Gasteiger partial charge in [0.1, 0.15) is 0 Å². The van der Waals surface area contributed by atoms with Gasteiger partial charge in [-0.3, -0.25) is 9.69 Å². The first-order valence-corrected chi connectivity index (χ1v) is 11.4. The van der Waals surface area contributed by atoms with Crippen LogP contribution in [0.25, 0.3) is 0 Å². The van der Waals surface area contributed by atoms with Crippen LogP contribution in [-0.4, -0.2) is 41.9 Å². The quantitative estimate of drug-likeness (QED) is 0.704. The zero-order chi connectivity index (χ0) is 19.9. The van der Waals surface area contributed by atoms with Gasteiger partial charge in [0.15, 0.2) is 0 Å². The van der Waals surface area contributed by atoms with E-state index in [1.54, 1.807) is 0 Å². The summed E-state index contributed by atoms with van der Waals surface area (Å²) in [6, 6.07) is 19.3. The lowest BCUT2D eigenvalue weighted by Gasteiger charge is -2.32. The van der Waals surface area contributed by atoms with Crippen LogP contribution >= 0.6 is 0 Å². The number of amides is 1. The Bertz CT molecular complexity index is 755. The summed E-state index contributed by atoms with van der Waals surface area (Å²) in [4.78, 5) is 17.4. The van der Waals surface area contributed by atoms with Crippen molar-refractivity contribution in [2.24, 2.45) is 5.92 Å². The standard InChI is InChI=1S/C26H34N2O/c29-26(28-16-6-1-2-7-17-28)25-12-10-24(11-13-25)21-27-18-14-23(15-19-27)20-22-8-4-3-5-9-22/h3-5,8-13,23H,1-2,6-7,14-21H2. The summed E-state index contributed by atoms with van der Waals surface area (Å²) in [6.45, 7) is 5.17. The normalized spacial score (nSPS) is 19.1. The van der Waals surface area contributed by atoms with Crippen LogP contribution in [0.2, 0.25) is 0 Å². The molecule has 0 radical (unpaired) electrons. The van der Waals surface area contributed by atoms with E-state index in [9.17, 15) is 4.79 Å². The summed E-state index contributed by atoms with van der Waals surface area (Å²) in [5, 5.41) is 0. The number of benzene rings is 2. The first kappa shape index (κ1) is 20.2. The molecule has 0 aliphatic carbocycles. The van der Waals surface area contributed by atoms with Crippen LogP contribution in [0.5, 0.6) is 0 Å². The summed E-state index contributed by atoms with van der Waals surface area (Å²) < 4.78 is 0. The number of carbonyl (C=O) groups is 1. The van der Waals surface area contributed by atoms with Crippen molar-refractivity contribution in [1.29, 1.82) is 0 Å². The molecule has 0 aromatic heterocycles. The molecule has 1 amide bonds. The first-order valence-electron chi connectivity index (χ1n) is 11.4. The maximum atomic E-state index is 12.8. The van der Waals surface area contributed by atoms with Crippen LogP contribution in [-0.2, 0) is 13.0 Å². The monoisotopic (exact) mass is 390 g/mol. The smallest absolute Gasteiger partial charge is 0.253 e. The van der Waals surface area contributed by atoms with Gasteiger partial charge in [-0.1, -0.05) is 55.3 Å². The van der Waals surface area contributed by atoms with Crippen molar-refractivity contribution in [2.45, 2.75) is 51.5 Å². The van der Waals surface area contributed by atoms with Gasteiger partial charge in [-0.2, -0.15) is 0 Å². The van der Waals surface area contributed by atoms with Crippen LogP contribution in [0.1, 0.15) is 60.0 Å². The lowest BCUT2D eigenvalue weighted by Crippen LogP contribution is -2.34. The van der Waals surface area contributed by atoms with E-state index in [4.69, 9.17) is 0 Å². The summed E-state index contributed by atoms with van der Waals surface area (Å²) >= 11 is 0. The second kappa shape index (κ2) is 10.1. The van der Waals surface area contributed by atoms with Gasteiger partial charge in [-0.15, -0.1) is 0 Å². The number of likely N-dealkylation sites (tertiary alicyclic amines) is 2. The molecule has 4 rings (SSSR count). The third kappa shape index (κ3) is 5.70. The highest BCUT2D eigenvalue weighted by molar-refractivity contribution is 5.94. The Morgan fingerprint density at radius 1 is 0.759 bits per heavy atom. The number of piperidine rings is 1. The molecule has 2 aromatic carbocycles. The molecule has 3 heteroatoms. The van der Waals surface area contributed by atoms with Crippen molar-refractivity contribution >= 4 is 5.91 Å². The number of nitrogens with zero attached hydrogens (tertiary/aromatic N) is 2. The molecule has 0 spiro atoms. The number of hydrogen-bond acceptors (Lipinski definition) is 2. The minimum Gasteiger partial charge on any atom is -0.339 e. The predicted octanol–water partition coefficient (Wildman–Crippen LogP) is 5.16. The van der Waals surface area contributed by atoms with Gasteiger partial charge in [-0.05, 0) is 74.4 Å². The lowest BCUT2D eigenvalue weighted by atomic mass is 9.90. The number of hydrogen-bond donors (Lipinski definition) is 0. The largest absolute Gasteiger partial charge is 0.339 e. The van der Waals surface area contributed by atoms with Gasteiger partial charge in [0.25, 0.3) is 5.91 Å². The van der Waals surface area contributed by atoms with E-state index in [0.29, 0.717) is 0 Å². The van der Waals surface area contributed by atoms with Gasteiger partial charge in [0, 0.05) is 25.2 Å². The van der Waals surface area contributed by atoms with E-state index in [1.807, 2.05) is 17.0 Å². The van der Waals surface area contributed by atoms with Crippen LogP contribution < -0.4 is 0 Å². The molecule has 0 saturated carbocycles. The lowest BCUT2D eigenvalue weighted by molar-refractivity contribution is 0.0761. The molecule has 2 aliphatic rings. The number of carbonyl (C=O) groups excluding carboxylic acids is 1. The van der Waals surface area contributed by atoms with Crippen molar-refractivity contribution in [3.8, 4) is 0 Å². The van der Waals surface area contributed by atoms with Crippen molar-refractivity contribution < 1.29 is 4.79 Å². The fourth-order valence-corrected chi connectivity index (χ4v) is 4.76. The number of rotatable bonds is 5. The third-order valence-corrected chi connectivity index (χ3v) is 6.57. The molecule has 0 unspecified atom stereocenters. The highest BCUT2D eigenvalue weighted by Gasteiger charge is 2.20. The Morgan fingerprint density at radius 2 is 1.41 bits per heavy atom. The fraction of sp³-hybridized carbons (Fsp3) is 0.500. The molecule has 3 nitrogen and oxygen atoms in total. The second-order valence-electron chi connectivity index (χ2n) is 8.81. The van der Waals surface area contributed by atoms with Crippen LogP contribution in [0, 0.1) is 5.92 Å². The highest BCUT2D eigenvalue weighted by atomic mass is 16.2. The molecule has 29 heavy (non-hydrogen) atoms. The molecule has 2 aromatic rings. The van der Waals surface area contributed by atoms with Crippen LogP contribution in [0.4, 0.5) is 0 Å². The molecular formula is C26H34N2O. The Labute approximate surface area is 175 Å². The van der Waals surface area contributed by atoms with Crippen LogP contribution in [0.3, 0.4) is 0 Å². The molecule has 2 saturated heterocycles. The van der Waals surface area contributed by atoms with Crippen LogP contribution in [0.15, 0.2) is 54.6 Å². The molecule has 0 atom stereocenters. The van der Waals surface area contributed by atoms with Gasteiger partial charge in [0.2, 0.25) is 0 Å². The highest BCUT2D eigenvalue weighted by Crippen LogP contribution is 2.23. The van der Waals surface area contributed by atoms with E-state index in [2.05, 4.69) is 47.4 Å². The minimum atomic E-state index is 0.208. The molecule has 0 bridgehead atoms. The first-order chi connectivity index (χ1) is 14.3. The Balaban J connectivity index is 1.25. The zero-order valence-electron chi connectivity index (χ0n) is 17.6. The van der Waals surface area contributed by atoms with E-state index in [1.165, 1.54) is 56.3 Å². The predicted molar refractivity (Wildman–Crippen MR) is 119 cm³/mol. The Hall–Kier alpha value is -2.13. The molecule has 2 aliphatic heterocycles. The average Bonchev–Trinajstić information content (AvgIpc) is 3.06. The Kier molecular flexibility index (Phi) is 7.00. The fourth-order valence-electron chi connectivity index (χ4n) is 4.76. The van der Waals surface area contributed by atoms with E-state index in [0.717, 1.165) is 44.0 Å². The van der Waals surface area contributed by atoms with Crippen molar-refractivity contribution in [1.82, 2.24) is 9.80 Å². The average molecular weight is 391 g/mol. The molecule has 154 valence electrons. The van der Waals surface area contributed by atoms with Gasteiger partial charge in [-0.25, -0.2) is 0 Å². The molecule has 2 fully saturated rings. The molecule has 0 N–H and O–H groups in total. The second-order valence-corrected chi connectivity index (χ2v) is 8.81. The van der Waals surface area contributed by atoms with Crippen molar-refractivity contribution in [2.75, 3.05) is 26.2 Å². The zero-order valence-corrected chi connectivity index (χ0v) is 17.6. The summed E-state index contributed by atoms with van der Waals surface area (Å²) in [5.74, 6) is 1.02. The minimum absolute atomic E-state index is 0.208. The van der Waals surface area contributed by atoms with E-state index < -0.39 is 0 Å². The van der Waals surface area contributed by atoms with Gasteiger partial charge < -0.3 is 4.90 Å². The topological polar surface area (TPSA) is 23.6 Å². The third-order valence-electron chi connectivity index (χ3n) is 6.57. The van der Waals surface area contributed by atoms with Crippen molar-refractivity contribution in [3.63, 3.8) is 0 Å². The Morgan fingerprint density at radius 3 is 2.07 bits per heavy atom. The summed E-state index contributed by atoms with van der Waals surface area (Å²) in [6.07, 6.45) is 8.56. The maximum Gasteiger partial charge on any atom is 0.253 e. The summed E-state index contributed by atoms with van der Waals surface area (Å²) in [7, 11) is 0. The molecular weight excluding hydrogens is 356 g/mol. The van der Waals surface area contributed by atoms with E-state index >= 15 is 0 Å². The van der Waals surface area contributed by atoms with E-state index in [-0.39, 0.29) is 5.91 Å². The maximum absolute atomic E-state index is 12.8. The SMILES string of the molecule is O=C(c1ccc(CN2CCC(Cc3ccccc3)CC2)cc1)N1CCCCCC1. The van der Waals surface area contributed by atoms with Gasteiger partial charge in [0.05, 0.1) is 0 Å². The summed E-state index contributed by atoms with van der Waals surface area (Å²) in [5.41, 5.74) is 3.63. The van der Waals surface area contributed by atoms with Gasteiger partial charge >= 0.3 is 0 Å².